The molecule has 0 saturated carbocycles. The summed E-state index contributed by atoms with van der Waals surface area (Å²) in [7, 11) is -3.57. The molecule has 0 unspecified atom stereocenters. The lowest BCUT2D eigenvalue weighted by Gasteiger charge is -1.99. The van der Waals surface area contributed by atoms with Gasteiger partial charge in [0.2, 0.25) is 9.84 Å². The molecule has 0 radical (unpaired) electrons. The summed E-state index contributed by atoms with van der Waals surface area (Å²) < 4.78 is 26.0. The third kappa shape index (κ3) is 2.84. The molecule has 0 aliphatic rings. The summed E-state index contributed by atoms with van der Waals surface area (Å²) in [6.07, 6.45) is 3.22. The maximum absolute atomic E-state index is 12.2. The van der Waals surface area contributed by atoms with Gasteiger partial charge in [-0.2, -0.15) is 5.10 Å². The van der Waals surface area contributed by atoms with Crippen molar-refractivity contribution in [3.8, 4) is 5.69 Å². The first kappa shape index (κ1) is 13.5. The van der Waals surface area contributed by atoms with Gasteiger partial charge in [-0.25, -0.2) is 18.1 Å². The molecule has 0 fully saturated rings. The van der Waals surface area contributed by atoms with E-state index in [9.17, 15) is 8.42 Å². The molecule has 21 heavy (non-hydrogen) atoms. The van der Waals surface area contributed by atoms with Gasteiger partial charge in [-0.1, -0.05) is 18.2 Å². The van der Waals surface area contributed by atoms with E-state index in [-0.39, 0.29) is 10.9 Å². The molecular formula is C13H13N5O2S. The Bertz CT molecular complexity index is 852. The Morgan fingerprint density at radius 2 is 2.00 bits per heavy atom. The molecule has 0 spiro atoms. The van der Waals surface area contributed by atoms with Crippen LogP contribution in [0.3, 0.4) is 0 Å². The van der Waals surface area contributed by atoms with Crippen molar-refractivity contribution in [3.63, 3.8) is 0 Å². The van der Waals surface area contributed by atoms with Crippen LogP contribution in [0.2, 0.25) is 0 Å². The van der Waals surface area contributed by atoms with Crippen LogP contribution in [-0.4, -0.2) is 33.4 Å². The predicted molar refractivity (Wildman–Crippen MR) is 75.6 cm³/mol. The van der Waals surface area contributed by atoms with Crippen molar-refractivity contribution in [1.82, 2.24) is 25.0 Å². The lowest BCUT2D eigenvalue weighted by molar-refractivity contribution is 0.587. The zero-order chi connectivity index (χ0) is 14.9. The van der Waals surface area contributed by atoms with Crippen LogP contribution in [0.15, 0.2) is 47.9 Å². The molecule has 8 heteroatoms. The number of para-hydroxylation sites is 1. The number of nitrogens with one attached hydrogen (secondary N) is 1. The summed E-state index contributed by atoms with van der Waals surface area (Å²) in [6, 6.07) is 9.48. The standard InChI is InChI=1S/C13H13N5O2S/c1-10-15-13(17-16-10)21(19,20)9-11-7-14-18(8-11)12-5-3-2-4-6-12/h2-8H,9H2,1H3,(H,15,16,17). The van der Waals surface area contributed by atoms with Gasteiger partial charge in [0.25, 0.3) is 5.16 Å². The Morgan fingerprint density at radius 3 is 2.67 bits per heavy atom. The molecule has 3 rings (SSSR count). The second-order valence-electron chi connectivity index (χ2n) is 4.59. The van der Waals surface area contributed by atoms with Gasteiger partial charge in [0.1, 0.15) is 5.82 Å². The SMILES string of the molecule is Cc1nc(S(=O)(=O)Cc2cnn(-c3ccccc3)c2)n[nH]1. The average Bonchev–Trinajstić information content (AvgIpc) is 3.09. The zero-order valence-corrected chi connectivity index (χ0v) is 12.1. The van der Waals surface area contributed by atoms with Gasteiger partial charge in [-0.3, -0.25) is 5.10 Å². The van der Waals surface area contributed by atoms with Gasteiger partial charge >= 0.3 is 0 Å². The lowest BCUT2D eigenvalue weighted by atomic mass is 10.3. The number of nitrogens with zero attached hydrogens (tertiary/aromatic N) is 4. The highest BCUT2D eigenvalue weighted by molar-refractivity contribution is 7.90. The summed E-state index contributed by atoms with van der Waals surface area (Å²) in [5.74, 6) is 0.283. The van der Waals surface area contributed by atoms with E-state index in [0.29, 0.717) is 11.4 Å². The second-order valence-corrected chi connectivity index (χ2v) is 6.47. The first-order valence-electron chi connectivity index (χ1n) is 6.25. The molecule has 2 heterocycles. The molecule has 7 nitrogen and oxygen atoms in total. The Morgan fingerprint density at radius 1 is 1.24 bits per heavy atom. The Labute approximate surface area is 121 Å². The first-order chi connectivity index (χ1) is 10.0. The van der Waals surface area contributed by atoms with Gasteiger partial charge < -0.3 is 0 Å². The summed E-state index contributed by atoms with van der Waals surface area (Å²) in [5.41, 5.74) is 1.45. The Hall–Kier alpha value is -2.48. The van der Waals surface area contributed by atoms with Crippen molar-refractivity contribution in [2.24, 2.45) is 0 Å². The van der Waals surface area contributed by atoms with Crippen LogP contribution >= 0.6 is 0 Å². The Balaban J connectivity index is 1.85. The number of aromatic nitrogens is 5. The van der Waals surface area contributed by atoms with Crippen molar-refractivity contribution in [3.05, 3.63) is 54.1 Å². The quantitative estimate of drug-likeness (QED) is 0.783. The smallest absolute Gasteiger partial charge is 0.262 e. The normalized spacial score (nSPS) is 11.7. The minimum atomic E-state index is -3.57. The molecule has 1 N–H and O–H groups in total. The van der Waals surface area contributed by atoms with Crippen LogP contribution in [0.5, 0.6) is 0 Å². The van der Waals surface area contributed by atoms with Crippen molar-refractivity contribution < 1.29 is 8.42 Å². The van der Waals surface area contributed by atoms with Crippen LogP contribution < -0.4 is 0 Å². The van der Waals surface area contributed by atoms with E-state index >= 15 is 0 Å². The van der Waals surface area contributed by atoms with Crippen molar-refractivity contribution in [2.75, 3.05) is 0 Å². The van der Waals surface area contributed by atoms with E-state index in [1.54, 1.807) is 17.8 Å². The zero-order valence-electron chi connectivity index (χ0n) is 11.3. The fourth-order valence-corrected chi connectivity index (χ4v) is 3.08. The highest BCUT2D eigenvalue weighted by Gasteiger charge is 2.21. The minimum Gasteiger partial charge on any atom is -0.262 e. The molecule has 0 saturated heterocycles. The summed E-state index contributed by atoms with van der Waals surface area (Å²) in [5, 5.41) is 10.2. The van der Waals surface area contributed by atoms with Crippen LogP contribution in [0.25, 0.3) is 5.69 Å². The van der Waals surface area contributed by atoms with Crippen molar-refractivity contribution in [2.45, 2.75) is 17.8 Å². The highest BCUT2D eigenvalue weighted by Crippen LogP contribution is 2.14. The maximum atomic E-state index is 12.2. The summed E-state index contributed by atoms with van der Waals surface area (Å²) >= 11 is 0. The topological polar surface area (TPSA) is 93.5 Å². The van der Waals surface area contributed by atoms with Gasteiger partial charge in [0.05, 0.1) is 17.6 Å². The number of hydrogen-bond donors (Lipinski definition) is 1. The fraction of sp³-hybridized carbons (Fsp3) is 0.154. The van der Waals surface area contributed by atoms with Crippen LogP contribution in [0.1, 0.15) is 11.4 Å². The van der Waals surface area contributed by atoms with Crippen molar-refractivity contribution >= 4 is 9.84 Å². The third-order valence-corrected chi connectivity index (χ3v) is 4.32. The summed E-state index contributed by atoms with van der Waals surface area (Å²) in [4.78, 5) is 3.86. The van der Waals surface area contributed by atoms with Gasteiger partial charge in [0.15, 0.2) is 0 Å². The van der Waals surface area contributed by atoms with Gasteiger partial charge in [-0.05, 0) is 19.1 Å². The number of rotatable bonds is 4. The van der Waals surface area contributed by atoms with Crippen LogP contribution in [0.4, 0.5) is 0 Å². The molecule has 0 atom stereocenters. The highest BCUT2D eigenvalue weighted by atomic mass is 32.2. The van der Waals surface area contributed by atoms with E-state index in [0.717, 1.165) is 5.69 Å². The number of aryl methyl sites for hydroxylation is 1. The molecule has 0 aliphatic heterocycles. The monoisotopic (exact) mass is 303 g/mol. The van der Waals surface area contributed by atoms with Crippen molar-refractivity contribution in [1.29, 1.82) is 0 Å². The number of benzene rings is 1. The van der Waals surface area contributed by atoms with Crippen LogP contribution in [0, 0.1) is 6.92 Å². The molecule has 3 aromatic rings. The molecule has 0 aliphatic carbocycles. The number of sulfone groups is 1. The van der Waals surface area contributed by atoms with E-state index < -0.39 is 9.84 Å². The molecule has 2 aromatic heterocycles. The van der Waals surface area contributed by atoms with E-state index in [2.05, 4.69) is 20.3 Å². The molecule has 108 valence electrons. The van der Waals surface area contributed by atoms with E-state index in [4.69, 9.17) is 0 Å². The molecular weight excluding hydrogens is 290 g/mol. The predicted octanol–water partition coefficient (Wildman–Crippen LogP) is 1.27. The Kier molecular flexibility index (Phi) is 3.30. The fourth-order valence-electron chi connectivity index (χ4n) is 1.90. The number of aromatic amines is 1. The average molecular weight is 303 g/mol. The first-order valence-corrected chi connectivity index (χ1v) is 7.90. The van der Waals surface area contributed by atoms with Gasteiger partial charge in [-0.15, -0.1) is 5.10 Å². The van der Waals surface area contributed by atoms with Gasteiger partial charge in [0, 0.05) is 11.8 Å². The van der Waals surface area contributed by atoms with E-state index in [1.807, 2.05) is 30.3 Å². The second kappa shape index (κ2) is 5.13. The third-order valence-electron chi connectivity index (χ3n) is 2.87. The summed E-state index contributed by atoms with van der Waals surface area (Å²) in [6.45, 7) is 1.65. The molecule has 1 aromatic carbocycles. The maximum Gasteiger partial charge on any atom is 0.267 e. The van der Waals surface area contributed by atoms with Crippen LogP contribution in [-0.2, 0) is 15.6 Å². The lowest BCUT2D eigenvalue weighted by Crippen LogP contribution is -2.06. The molecule has 0 bridgehead atoms. The minimum absolute atomic E-state index is 0.183. The number of hydrogen-bond acceptors (Lipinski definition) is 5. The number of H-pyrrole nitrogens is 1. The largest absolute Gasteiger partial charge is 0.267 e. The molecule has 0 amide bonds. The van der Waals surface area contributed by atoms with E-state index in [1.165, 1.54) is 6.20 Å².